The van der Waals surface area contributed by atoms with Crippen LogP contribution < -0.4 is 10.1 Å². The molecular formula is C16H17FN2O. The lowest BCUT2D eigenvalue weighted by molar-refractivity contribution is 0.288. The number of benzene rings is 1. The Bertz CT molecular complexity index is 570. The fourth-order valence-corrected chi connectivity index (χ4v) is 1.99. The van der Waals surface area contributed by atoms with Crippen LogP contribution in [0.1, 0.15) is 24.0 Å². The van der Waals surface area contributed by atoms with Crippen LogP contribution in [0.2, 0.25) is 0 Å². The molecule has 0 spiro atoms. The maximum atomic E-state index is 13.3. The van der Waals surface area contributed by atoms with Crippen molar-refractivity contribution >= 4 is 0 Å². The molecule has 1 N–H and O–H groups in total. The summed E-state index contributed by atoms with van der Waals surface area (Å²) in [6, 6.07) is 11.9. The zero-order valence-electron chi connectivity index (χ0n) is 11.2. The Morgan fingerprint density at radius 1 is 1.25 bits per heavy atom. The number of halogens is 1. The van der Waals surface area contributed by atoms with E-state index >= 15 is 0 Å². The van der Waals surface area contributed by atoms with E-state index in [4.69, 9.17) is 4.74 Å². The maximum Gasteiger partial charge on any atom is 0.218 e. The minimum absolute atomic E-state index is 0.329. The predicted octanol–water partition coefficient (Wildman–Crippen LogP) is 3.05. The monoisotopic (exact) mass is 272 g/mol. The first kappa shape index (κ1) is 13.1. The molecule has 1 aliphatic rings. The highest BCUT2D eigenvalue weighted by atomic mass is 19.1. The number of hydrogen-bond donors (Lipinski definition) is 1. The third-order valence-corrected chi connectivity index (χ3v) is 3.27. The Morgan fingerprint density at radius 3 is 2.80 bits per heavy atom. The second-order valence-corrected chi connectivity index (χ2v) is 5.05. The van der Waals surface area contributed by atoms with E-state index in [1.165, 1.54) is 25.1 Å². The van der Waals surface area contributed by atoms with E-state index in [-0.39, 0.29) is 5.82 Å². The summed E-state index contributed by atoms with van der Waals surface area (Å²) in [5, 5.41) is 3.35. The van der Waals surface area contributed by atoms with E-state index in [1.54, 1.807) is 0 Å². The molecule has 1 saturated carbocycles. The largest absolute Gasteiger partial charge is 0.473 e. The van der Waals surface area contributed by atoms with Crippen LogP contribution in [0, 0.1) is 5.82 Å². The first-order valence-corrected chi connectivity index (χ1v) is 6.86. The molecule has 0 amide bonds. The standard InChI is InChI=1S/C16H17FN2O/c17-14-8-13(9-18-15-6-7-15)16(19-10-14)20-11-12-4-2-1-3-5-12/h1-5,8,10,15,18H,6-7,9,11H2. The molecule has 3 rings (SSSR count). The summed E-state index contributed by atoms with van der Waals surface area (Å²) in [5.41, 5.74) is 1.84. The second-order valence-electron chi connectivity index (χ2n) is 5.05. The van der Waals surface area contributed by atoms with Crippen LogP contribution in [0.3, 0.4) is 0 Å². The molecule has 1 fully saturated rings. The maximum absolute atomic E-state index is 13.3. The Balaban J connectivity index is 1.67. The number of hydrogen-bond acceptors (Lipinski definition) is 3. The van der Waals surface area contributed by atoms with Gasteiger partial charge >= 0.3 is 0 Å². The van der Waals surface area contributed by atoms with Crippen LogP contribution in [0.15, 0.2) is 42.6 Å². The highest BCUT2D eigenvalue weighted by Crippen LogP contribution is 2.22. The topological polar surface area (TPSA) is 34.1 Å². The van der Waals surface area contributed by atoms with Gasteiger partial charge < -0.3 is 10.1 Å². The van der Waals surface area contributed by atoms with E-state index in [1.807, 2.05) is 30.3 Å². The molecule has 20 heavy (non-hydrogen) atoms. The van der Waals surface area contributed by atoms with E-state index in [0.717, 1.165) is 11.1 Å². The second kappa shape index (κ2) is 6.01. The first-order chi connectivity index (χ1) is 9.81. The molecule has 0 radical (unpaired) electrons. The van der Waals surface area contributed by atoms with Gasteiger partial charge in [0.15, 0.2) is 0 Å². The van der Waals surface area contributed by atoms with Gasteiger partial charge in [-0.3, -0.25) is 0 Å². The van der Waals surface area contributed by atoms with Gasteiger partial charge in [0.2, 0.25) is 5.88 Å². The van der Waals surface area contributed by atoms with Gasteiger partial charge in [-0.25, -0.2) is 9.37 Å². The third-order valence-electron chi connectivity index (χ3n) is 3.27. The van der Waals surface area contributed by atoms with Crippen LogP contribution in [0.4, 0.5) is 4.39 Å². The molecular weight excluding hydrogens is 255 g/mol. The lowest BCUT2D eigenvalue weighted by Gasteiger charge is -2.11. The molecule has 104 valence electrons. The summed E-state index contributed by atoms with van der Waals surface area (Å²) in [6.45, 7) is 1.04. The number of ether oxygens (including phenoxy) is 1. The first-order valence-electron chi connectivity index (χ1n) is 6.86. The molecule has 3 nitrogen and oxygen atoms in total. The number of nitrogens with one attached hydrogen (secondary N) is 1. The van der Waals surface area contributed by atoms with E-state index in [9.17, 15) is 4.39 Å². The Morgan fingerprint density at radius 2 is 2.05 bits per heavy atom. The number of aromatic nitrogens is 1. The Kier molecular flexibility index (Phi) is 3.92. The van der Waals surface area contributed by atoms with Gasteiger partial charge in [-0.05, 0) is 24.5 Å². The minimum Gasteiger partial charge on any atom is -0.473 e. The number of pyridine rings is 1. The normalized spacial score (nSPS) is 14.2. The summed E-state index contributed by atoms with van der Waals surface area (Å²) in [4.78, 5) is 4.05. The summed E-state index contributed by atoms with van der Waals surface area (Å²) in [7, 11) is 0. The van der Waals surface area contributed by atoms with Gasteiger partial charge in [0.1, 0.15) is 12.4 Å². The van der Waals surface area contributed by atoms with Crippen molar-refractivity contribution in [2.24, 2.45) is 0 Å². The van der Waals surface area contributed by atoms with E-state index in [0.29, 0.717) is 25.1 Å². The molecule has 0 bridgehead atoms. The van der Waals surface area contributed by atoms with Gasteiger partial charge in [0.05, 0.1) is 6.20 Å². The zero-order chi connectivity index (χ0) is 13.8. The van der Waals surface area contributed by atoms with Crippen molar-refractivity contribution in [2.75, 3.05) is 0 Å². The molecule has 0 unspecified atom stereocenters. The molecule has 1 aromatic carbocycles. The van der Waals surface area contributed by atoms with Crippen LogP contribution >= 0.6 is 0 Å². The van der Waals surface area contributed by atoms with Crippen molar-refractivity contribution in [2.45, 2.75) is 32.0 Å². The summed E-state index contributed by atoms with van der Waals surface area (Å²) in [6.07, 6.45) is 3.59. The van der Waals surface area contributed by atoms with Crippen molar-refractivity contribution in [3.63, 3.8) is 0 Å². The molecule has 2 aromatic rings. The number of nitrogens with zero attached hydrogens (tertiary/aromatic N) is 1. The Hall–Kier alpha value is -1.94. The average Bonchev–Trinajstić information content (AvgIpc) is 3.29. The van der Waals surface area contributed by atoms with E-state index < -0.39 is 0 Å². The van der Waals surface area contributed by atoms with Crippen LogP contribution in [-0.2, 0) is 13.2 Å². The summed E-state index contributed by atoms with van der Waals surface area (Å²) >= 11 is 0. The van der Waals surface area contributed by atoms with Crippen molar-refractivity contribution in [3.05, 3.63) is 59.5 Å². The van der Waals surface area contributed by atoms with Crippen molar-refractivity contribution in [3.8, 4) is 5.88 Å². The molecule has 1 heterocycles. The van der Waals surface area contributed by atoms with Crippen LogP contribution in [-0.4, -0.2) is 11.0 Å². The quantitative estimate of drug-likeness (QED) is 0.877. The molecule has 1 aromatic heterocycles. The lowest BCUT2D eigenvalue weighted by Crippen LogP contribution is -2.16. The molecule has 4 heteroatoms. The smallest absolute Gasteiger partial charge is 0.218 e. The van der Waals surface area contributed by atoms with Crippen molar-refractivity contribution in [1.29, 1.82) is 0 Å². The lowest BCUT2D eigenvalue weighted by atomic mass is 10.2. The van der Waals surface area contributed by atoms with Gasteiger partial charge in [0, 0.05) is 18.2 Å². The highest BCUT2D eigenvalue weighted by molar-refractivity contribution is 5.27. The highest BCUT2D eigenvalue weighted by Gasteiger charge is 2.21. The van der Waals surface area contributed by atoms with Gasteiger partial charge in [0.25, 0.3) is 0 Å². The molecule has 1 aliphatic carbocycles. The SMILES string of the molecule is Fc1cnc(OCc2ccccc2)c(CNC2CC2)c1. The summed E-state index contributed by atoms with van der Waals surface area (Å²) < 4.78 is 19.0. The summed E-state index contributed by atoms with van der Waals surface area (Å²) in [5.74, 6) is 0.174. The zero-order valence-corrected chi connectivity index (χ0v) is 11.2. The Labute approximate surface area is 117 Å². The number of rotatable bonds is 6. The van der Waals surface area contributed by atoms with Crippen molar-refractivity contribution in [1.82, 2.24) is 10.3 Å². The van der Waals surface area contributed by atoms with Crippen molar-refractivity contribution < 1.29 is 9.13 Å². The molecule has 0 atom stereocenters. The fraction of sp³-hybridized carbons (Fsp3) is 0.312. The van der Waals surface area contributed by atoms with Gasteiger partial charge in [-0.1, -0.05) is 30.3 Å². The average molecular weight is 272 g/mol. The van der Waals surface area contributed by atoms with Crippen LogP contribution in [0.5, 0.6) is 5.88 Å². The molecule has 0 aliphatic heterocycles. The molecule has 0 saturated heterocycles. The van der Waals surface area contributed by atoms with E-state index in [2.05, 4.69) is 10.3 Å². The minimum atomic E-state index is -0.329. The van der Waals surface area contributed by atoms with Gasteiger partial charge in [-0.15, -0.1) is 0 Å². The van der Waals surface area contributed by atoms with Gasteiger partial charge in [-0.2, -0.15) is 0 Å². The predicted molar refractivity (Wildman–Crippen MR) is 74.8 cm³/mol. The fourth-order valence-electron chi connectivity index (χ4n) is 1.99. The van der Waals surface area contributed by atoms with Crippen LogP contribution in [0.25, 0.3) is 0 Å². The third kappa shape index (κ3) is 3.54.